The molecule has 2 aliphatic rings. The summed E-state index contributed by atoms with van der Waals surface area (Å²) in [5.74, 6) is 0.558. The number of rotatable bonds is 3. The standard InChI is InChI=1S/C19H28N2O2/c1-13-4-5-15(12-14(13)2)17-6-9-20-18(17)19(22)21-10-7-16(23-3)8-11-21/h4-5,12,16-18,20H,6-11H2,1-3H3. The van der Waals surface area contributed by atoms with Gasteiger partial charge in [0.1, 0.15) is 0 Å². The monoisotopic (exact) mass is 316 g/mol. The number of methoxy groups -OCH3 is 1. The van der Waals surface area contributed by atoms with Crippen LogP contribution in [0.3, 0.4) is 0 Å². The largest absolute Gasteiger partial charge is 0.381 e. The van der Waals surface area contributed by atoms with Gasteiger partial charge in [-0.1, -0.05) is 18.2 Å². The molecular weight excluding hydrogens is 288 g/mol. The fourth-order valence-electron chi connectivity index (χ4n) is 3.83. The van der Waals surface area contributed by atoms with Gasteiger partial charge in [-0.25, -0.2) is 0 Å². The van der Waals surface area contributed by atoms with Gasteiger partial charge in [-0.3, -0.25) is 4.79 Å². The maximum absolute atomic E-state index is 13.0. The Hall–Kier alpha value is -1.39. The first-order chi connectivity index (χ1) is 11.1. The Morgan fingerprint density at radius 3 is 2.57 bits per heavy atom. The number of hydrogen-bond donors (Lipinski definition) is 1. The third-order valence-electron chi connectivity index (χ3n) is 5.53. The van der Waals surface area contributed by atoms with Crippen molar-refractivity contribution in [2.24, 2.45) is 0 Å². The van der Waals surface area contributed by atoms with Gasteiger partial charge in [-0.15, -0.1) is 0 Å². The normalized spacial score (nSPS) is 25.8. The van der Waals surface area contributed by atoms with Crippen LogP contribution in [0.15, 0.2) is 18.2 Å². The van der Waals surface area contributed by atoms with E-state index >= 15 is 0 Å². The number of ether oxygens (including phenoxy) is 1. The number of hydrogen-bond acceptors (Lipinski definition) is 3. The van der Waals surface area contributed by atoms with Gasteiger partial charge < -0.3 is 15.0 Å². The minimum absolute atomic E-state index is 0.0730. The van der Waals surface area contributed by atoms with Crippen LogP contribution >= 0.6 is 0 Å². The molecule has 2 heterocycles. The summed E-state index contributed by atoms with van der Waals surface area (Å²) < 4.78 is 5.41. The molecule has 0 aromatic heterocycles. The number of piperidine rings is 1. The van der Waals surface area contributed by atoms with Crippen LogP contribution in [0.5, 0.6) is 0 Å². The van der Waals surface area contributed by atoms with Crippen molar-refractivity contribution >= 4 is 5.91 Å². The molecule has 2 saturated heterocycles. The first kappa shape index (κ1) is 16.5. The van der Waals surface area contributed by atoms with Crippen LogP contribution in [0, 0.1) is 13.8 Å². The zero-order valence-corrected chi connectivity index (χ0v) is 14.5. The van der Waals surface area contributed by atoms with Crippen molar-refractivity contribution in [2.75, 3.05) is 26.7 Å². The smallest absolute Gasteiger partial charge is 0.240 e. The van der Waals surface area contributed by atoms with Crippen LogP contribution in [0.1, 0.15) is 41.9 Å². The Kier molecular flexibility index (Phi) is 5.02. The molecular formula is C19H28N2O2. The first-order valence-electron chi connectivity index (χ1n) is 8.72. The van der Waals surface area contributed by atoms with E-state index in [1.54, 1.807) is 7.11 Å². The lowest BCUT2D eigenvalue weighted by molar-refractivity contribution is -0.135. The fraction of sp³-hybridized carbons (Fsp3) is 0.632. The van der Waals surface area contributed by atoms with Crippen LogP contribution in [0.2, 0.25) is 0 Å². The zero-order chi connectivity index (χ0) is 16.4. The number of amides is 1. The molecule has 1 aromatic carbocycles. The van der Waals surface area contributed by atoms with Crippen molar-refractivity contribution < 1.29 is 9.53 Å². The van der Waals surface area contributed by atoms with Gasteiger partial charge in [0.25, 0.3) is 0 Å². The molecule has 1 amide bonds. The molecule has 23 heavy (non-hydrogen) atoms. The van der Waals surface area contributed by atoms with E-state index in [9.17, 15) is 4.79 Å². The highest BCUT2D eigenvalue weighted by atomic mass is 16.5. The van der Waals surface area contributed by atoms with E-state index in [2.05, 4.69) is 37.4 Å². The molecule has 2 fully saturated rings. The van der Waals surface area contributed by atoms with E-state index in [4.69, 9.17) is 4.74 Å². The van der Waals surface area contributed by atoms with E-state index < -0.39 is 0 Å². The van der Waals surface area contributed by atoms with Gasteiger partial charge in [-0.2, -0.15) is 0 Å². The molecule has 4 nitrogen and oxygen atoms in total. The summed E-state index contributed by atoms with van der Waals surface area (Å²) in [4.78, 5) is 15.0. The third kappa shape index (κ3) is 3.43. The molecule has 0 saturated carbocycles. The fourth-order valence-corrected chi connectivity index (χ4v) is 3.83. The first-order valence-corrected chi connectivity index (χ1v) is 8.72. The van der Waals surface area contributed by atoms with Crippen LogP contribution in [-0.2, 0) is 9.53 Å². The molecule has 0 bridgehead atoms. The van der Waals surface area contributed by atoms with Crippen LogP contribution in [0.4, 0.5) is 0 Å². The maximum atomic E-state index is 13.0. The molecule has 0 aliphatic carbocycles. The number of likely N-dealkylation sites (tertiary alicyclic amines) is 1. The number of carbonyl (C=O) groups is 1. The molecule has 0 radical (unpaired) electrons. The molecule has 2 unspecified atom stereocenters. The van der Waals surface area contributed by atoms with Crippen LogP contribution in [0.25, 0.3) is 0 Å². The Morgan fingerprint density at radius 2 is 1.91 bits per heavy atom. The minimum Gasteiger partial charge on any atom is -0.381 e. The van der Waals surface area contributed by atoms with E-state index in [0.717, 1.165) is 38.9 Å². The quantitative estimate of drug-likeness (QED) is 0.931. The Balaban J connectivity index is 1.71. The van der Waals surface area contributed by atoms with Crippen molar-refractivity contribution in [1.29, 1.82) is 0 Å². The van der Waals surface area contributed by atoms with Gasteiger partial charge in [-0.05, 0) is 56.3 Å². The van der Waals surface area contributed by atoms with E-state index in [1.165, 1.54) is 16.7 Å². The highest BCUT2D eigenvalue weighted by Crippen LogP contribution is 2.30. The minimum atomic E-state index is -0.0730. The predicted molar refractivity (Wildman–Crippen MR) is 91.7 cm³/mol. The summed E-state index contributed by atoms with van der Waals surface area (Å²) >= 11 is 0. The SMILES string of the molecule is COC1CCN(C(=O)C2NCCC2c2ccc(C)c(C)c2)CC1. The topological polar surface area (TPSA) is 41.6 Å². The second-order valence-electron chi connectivity index (χ2n) is 6.93. The van der Waals surface area contributed by atoms with Gasteiger partial charge in [0, 0.05) is 26.1 Å². The van der Waals surface area contributed by atoms with Crippen LogP contribution < -0.4 is 5.32 Å². The Morgan fingerprint density at radius 1 is 1.17 bits per heavy atom. The summed E-state index contributed by atoms with van der Waals surface area (Å²) in [7, 11) is 1.76. The molecule has 2 atom stereocenters. The lowest BCUT2D eigenvalue weighted by Crippen LogP contribution is -2.49. The zero-order valence-electron chi connectivity index (χ0n) is 14.5. The van der Waals surface area contributed by atoms with E-state index in [0.29, 0.717) is 12.0 Å². The molecule has 4 heteroatoms. The van der Waals surface area contributed by atoms with E-state index in [-0.39, 0.29) is 11.9 Å². The number of nitrogens with zero attached hydrogens (tertiary/aromatic N) is 1. The van der Waals surface area contributed by atoms with Gasteiger partial charge in [0.2, 0.25) is 5.91 Å². The highest BCUT2D eigenvalue weighted by molar-refractivity contribution is 5.83. The Labute approximate surface area is 139 Å². The highest BCUT2D eigenvalue weighted by Gasteiger charge is 2.37. The lowest BCUT2D eigenvalue weighted by Gasteiger charge is -2.34. The maximum Gasteiger partial charge on any atom is 0.240 e. The molecule has 0 spiro atoms. The van der Waals surface area contributed by atoms with Crippen LogP contribution in [-0.4, -0.2) is 49.7 Å². The second kappa shape index (κ2) is 7.02. The van der Waals surface area contributed by atoms with Crippen molar-refractivity contribution in [3.05, 3.63) is 34.9 Å². The Bertz CT molecular complexity index is 564. The summed E-state index contributed by atoms with van der Waals surface area (Å²) in [5.41, 5.74) is 3.91. The van der Waals surface area contributed by atoms with E-state index in [1.807, 2.05) is 4.90 Å². The van der Waals surface area contributed by atoms with Gasteiger partial charge in [0.15, 0.2) is 0 Å². The van der Waals surface area contributed by atoms with Crippen molar-refractivity contribution in [1.82, 2.24) is 10.2 Å². The number of aryl methyl sites for hydroxylation is 2. The molecule has 2 aliphatic heterocycles. The van der Waals surface area contributed by atoms with Crippen molar-refractivity contribution in [3.63, 3.8) is 0 Å². The summed E-state index contributed by atoms with van der Waals surface area (Å²) in [5, 5.41) is 3.44. The van der Waals surface area contributed by atoms with Gasteiger partial charge >= 0.3 is 0 Å². The lowest BCUT2D eigenvalue weighted by atomic mass is 9.89. The summed E-state index contributed by atoms with van der Waals surface area (Å²) in [6.07, 6.45) is 3.24. The van der Waals surface area contributed by atoms with Crippen molar-refractivity contribution in [3.8, 4) is 0 Å². The summed E-state index contributed by atoms with van der Waals surface area (Å²) in [6.45, 7) is 6.83. The molecule has 3 rings (SSSR count). The average molecular weight is 316 g/mol. The number of benzene rings is 1. The third-order valence-corrected chi connectivity index (χ3v) is 5.53. The van der Waals surface area contributed by atoms with Crippen molar-refractivity contribution in [2.45, 2.75) is 51.2 Å². The number of carbonyl (C=O) groups excluding carboxylic acids is 1. The molecule has 1 aromatic rings. The molecule has 1 N–H and O–H groups in total. The predicted octanol–water partition coefficient (Wildman–Crippen LogP) is 2.39. The second-order valence-corrected chi connectivity index (χ2v) is 6.93. The molecule has 126 valence electrons. The average Bonchev–Trinajstić information content (AvgIpc) is 3.06. The summed E-state index contributed by atoms with van der Waals surface area (Å²) in [6, 6.07) is 6.55. The van der Waals surface area contributed by atoms with Gasteiger partial charge in [0.05, 0.1) is 12.1 Å². The number of nitrogens with one attached hydrogen (secondary N) is 1.